The van der Waals surface area contributed by atoms with Crippen molar-refractivity contribution < 1.29 is 13.9 Å². The third kappa shape index (κ3) is 4.69. The summed E-state index contributed by atoms with van der Waals surface area (Å²) in [5.41, 5.74) is 4.63. The lowest BCUT2D eigenvalue weighted by Gasteiger charge is -2.14. The van der Waals surface area contributed by atoms with Crippen molar-refractivity contribution in [2.45, 2.75) is 20.8 Å². The van der Waals surface area contributed by atoms with Crippen molar-refractivity contribution in [1.29, 1.82) is 0 Å². The number of terminal acetylenes is 1. The summed E-state index contributed by atoms with van der Waals surface area (Å²) in [4.78, 5) is 21.2. The number of fused-ring (bicyclic) bond motifs is 1. The zero-order valence-electron chi connectivity index (χ0n) is 21.2. The maximum Gasteiger partial charge on any atom is 0.321 e. The van der Waals surface area contributed by atoms with Crippen LogP contribution in [0.4, 0.5) is 4.39 Å². The molecular formula is C28H25FN6O2. The van der Waals surface area contributed by atoms with Gasteiger partial charge in [-0.3, -0.25) is 0 Å². The number of hydrogen-bond acceptors (Lipinski definition) is 6. The summed E-state index contributed by atoms with van der Waals surface area (Å²) in [7, 11) is 3.39. The molecule has 0 atom stereocenters. The van der Waals surface area contributed by atoms with Crippen LogP contribution in [0.1, 0.15) is 25.2 Å². The van der Waals surface area contributed by atoms with Crippen LogP contribution in [0, 0.1) is 25.1 Å². The SMILES string of the molecule is C#Cc1cc(OC)c(-c2c(-c3ccc(OC(N=C)=N/C(C)=C\C)cc3F)c3c(C)ncnc3n2C)cn1. The van der Waals surface area contributed by atoms with Crippen molar-refractivity contribution in [1.82, 2.24) is 19.5 Å². The number of benzene rings is 1. The topological polar surface area (TPSA) is 86.8 Å². The Labute approximate surface area is 214 Å². The molecule has 3 aromatic heterocycles. The predicted molar refractivity (Wildman–Crippen MR) is 143 cm³/mol. The summed E-state index contributed by atoms with van der Waals surface area (Å²) < 4.78 is 28.9. The minimum atomic E-state index is -0.521. The summed E-state index contributed by atoms with van der Waals surface area (Å²) in [5.74, 6) is 2.71. The van der Waals surface area contributed by atoms with Gasteiger partial charge in [-0.05, 0) is 39.6 Å². The molecule has 0 bridgehead atoms. The lowest BCUT2D eigenvalue weighted by atomic mass is 9.97. The fraction of sp³-hybridized carbons (Fsp3) is 0.179. The summed E-state index contributed by atoms with van der Waals surface area (Å²) in [6.07, 6.45) is 10.4. The van der Waals surface area contributed by atoms with Crippen molar-refractivity contribution in [3.8, 4) is 46.2 Å². The second kappa shape index (κ2) is 10.4. The molecule has 1 aromatic carbocycles. The van der Waals surface area contributed by atoms with Gasteiger partial charge in [0, 0.05) is 47.6 Å². The van der Waals surface area contributed by atoms with Crippen molar-refractivity contribution >= 4 is 23.8 Å². The van der Waals surface area contributed by atoms with Crippen molar-refractivity contribution in [3.05, 3.63) is 65.8 Å². The minimum Gasteiger partial charge on any atom is -0.496 e. The molecule has 0 radical (unpaired) electrons. The Morgan fingerprint density at radius 2 is 2.00 bits per heavy atom. The lowest BCUT2D eigenvalue weighted by Crippen LogP contribution is -2.05. The van der Waals surface area contributed by atoms with Gasteiger partial charge < -0.3 is 14.0 Å². The van der Waals surface area contributed by atoms with Gasteiger partial charge in [0.2, 0.25) is 0 Å². The van der Waals surface area contributed by atoms with Crippen LogP contribution in [0.25, 0.3) is 33.4 Å². The number of aliphatic imine (C=N–C) groups is 2. The number of amidine groups is 1. The number of ether oxygens (including phenoxy) is 2. The van der Waals surface area contributed by atoms with Crippen molar-refractivity contribution in [3.63, 3.8) is 0 Å². The summed E-state index contributed by atoms with van der Waals surface area (Å²) in [6, 6.07) is 6.23. The second-order valence-corrected chi connectivity index (χ2v) is 8.08. The Morgan fingerprint density at radius 1 is 1.22 bits per heavy atom. The van der Waals surface area contributed by atoms with Crippen molar-refractivity contribution in [2.24, 2.45) is 17.0 Å². The number of pyridine rings is 1. The van der Waals surface area contributed by atoms with Crippen LogP contribution in [0.3, 0.4) is 0 Å². The van der Waals surface area contributed by atoms with Crippen LogP contribution in [0.15, 0.2) is 58.5 Å². The van der Waals surface area contributed by atoms with Gasteiger partial charge in [0.25, 0.3) is 0 Å². The third-order valence-corrected chi connectivity index (χ3v) is 5.89. The number of rotatable bonds is 5. The monoisotopic (exact) mass is 496 g/mol. The van der Waals surface area contributed by atoms with E-state index in [4.69, 9.17) is 15.9 Å². The first kappa shape index (κ1) is 25.3. The van der Waals surface area contributed by atoms with Gasteiger partial charge in [-0.2, -0.15) is 0 Å². The number of nitrogens with zero attached hydrogens (tertiary/aromatic N) is 6. The highest BCUT2D eigenvalue weighted by Gasteiger charge is 2.26. The molecule has 0 aliphatic heterocycles. The smallest absolute Gasteiger partial charge is 0.321 e. The highest BCUT2D eigenvalue weighted by Crippen LogP contribution is 2.44. The molecule has 0 aliphatic rings. The molecule has 0 N–H and O–H groups in total. The average molecular weight is 497 g/mol. The van der Waals surface area contributed by atoms with Crippen LogP contribution in [0.2, 0.25) is 0 Å². The molecule has 186 valence electrons. The minimum absolute atomic E-state index is 0.0160. The maximum atomic E-state index is 15.8. The van der Waals surface area contributed by atoms with Crippen LogP contribution in [-0.4, -0.2) is 39.4 Å². The van der Waals surface area contributed by atoms with E-state index in [2.05, 4.69) is 37.6 Å². The largest absolute Gasteiger partial charge is 0.496 e. The Kier molecular flexibility index (Phi) is 7.11. The first-order valence-corrected chi connectivity index (χ1v) is 11.3. The summed E-state index contributed by atoms with van der Waals surface area (Å²) in [6.45, 7) is 8.97. The van der Waals surface area contributed by atoms with E-state index in [9.17, 15) is 0 Å². The van der Waals surface area contributed by atoms with E-state index in [1.165, 1.54) is 12.4 Å². The molecule has 0 amide bonds. The molecule has 0 aliphatic carbocycles. The fourth-order valence-corrected chi connectivity index (χ4v) is 4.01. The van der Waals surface area contributed by atoms with Gasteiger partial charge in [-0.25, -0.2) is 29.3 Å². The molecule has 4 aromatic rings. The van der Waals surface area contributed by atoms with Crippen LogP contribution in [0.5, 0.6) is 11.5 Å². The van der Waals surface area contributed by atoms with Crippen LogP contribution < -0.4 is 9.47 Å². The molecule has 8 nitrogen and oxygen atoms in total. The second-order valence-electron chi connectivity index (χ2n) is 8.08. The number of aromatic nitrogens is 4. The van der Waals surface area contributed by atoms with E-state index in [1.807, 2.05) is 25.5 Å². The van der Waals surface area contributed by atoms with E-state index in [1.54, 1.807) is 44.5 Å². The summed E-state index contributed by atoms with van der Waals surface area (Å²) in [5, 5.41) is 0.703. The lowest BCUT2D eigenvalue weighted by molar-refractivity contribution is 0.415. The predicted octanol–water partition coefficient (Wildman–Crippen LogP) is 5.49. The molecule has 3 heterocycles. The number of hydrogen-bond donors (Lipinski definition) is 0. The molecule has 9 heteroatoms. The van der Waals surface area contributed by atoms with Crippen LogP contribution in [-0.2, 0) is 7.05 Å². The molecule has 0 fully saturated rings. The quantitative estimate of drug-likeness (QED) is 0.207. The molecule has 0 saturated heterocycles. The van der Waals surface area contributed by atoms with Gasteiger partial charge >= 0.3 is 6.02 Å². The standard InChI is InChI=1S/C28H25FN6O2/c1-8-16(3)34-28(30-5)37-19-10-11-20(22(29)13-19)25-24-17(4)32-15-33-27(24)35(6)26(25)21-14-31-18(9-2)12-23(21)36-7/h2,8,10-15H,5H2,1,3-4,6-7H3/b16-8-,34-28?. The van der Waals surface area contributed by atoms with E-state index >= 15 is 4.39 Å². The summed E-state index contributed by atoms with van der Waals surface area (Å²) >= 11 is 0. The first-order valence-electron chi connectivity index (χ1n) is 11.3. The normalized spacial score (nSPS) is 11.9. The van der Waals surface area contributed by atoms with E-state index < -0.39 is 5.82 Å². The maximum absolute atomic E-state index is 15.8. The Bertz CT molecular complexity index is 1630. The first-order chi connectivity index (χ1) is 17.8. The zero-order chi connectivity index (χ0) is 26.7. The van der Waals surface area contributed by atoms with Crippen LogP contribution >= 0.6 is 0 Å². The molecular weight excluding hydrogens is 471 g/mol. The van der Waals surface area contributed by atoms with Gasteiger partial charge in [0.05, 0.1) is 24.1 Å². The Balaban J connectivity index is 1.96. The number of halogens is 1. The molecule has 4 rings (SSSR count). The van der Waals surface area contributed by atoms with Gasteiger partial charge in [0.1, 0.15) is 35.0 Å². The van der Waals surface area contributed by atoms with E-state index in [0.29, 0.717) is 56.3 Å². The molecule has 0 unspecified atom stereocenters. The Morgan fingerprint density at radius 3 is 2.65 bits per heavy atom. The molecule has 37 heavy (non-hydrogen) atoms. The van der Waals surface area contributed by atoms with Gasteiger partial charge in [-0.1, -0.05) is 12.0 Å². The molecule has 0 saturated carbocycles. The highest BCUT2D eigenvalue weighted by atomic mass is 19.1. The number of aryl methyl sites for hydroxylation is 2. The number of methoxy groups -OCH3 is 1. The molecule has 0 spiro atoms. The Hall–Kier alpha value is -4.84. The average Bonchev–Trinajstić information content (AvgIpc) is 3.20. The van der Waals surface area contributed by atoms with E-state index in [-0.39, 0.29) is 11.8 Å². The third-order valence-electron chi connectivity index (χ3n) is 5.89. The van der Waals surface area contributed by atoms with Gasteiger partial charge in [-0.15, -0.1) is 6.42 Å². The van der Waals surface area contributed by atoms with Crippen molar-refractivity contribution in [2.75, 3.05) is 7.11 Å². The zero-order valence-corrected chi connectivity index (χ0v) is 21.2. The highest BCUT2D eigenvalue weighted by molar-refractivity contribution is 6.05. The number of allylic oxidation sites excluding steroid dienone is 2. The fourth-order valence-electron chi connectivity index (χ4n) is 4.01. The van der Waals surface area contributed by atoms with E-state index in [0.717, 1.165) is 0 Å². The van der Waals surface area contributed by atoms with Gasteiger partial charge in [0.15, 0.2) is 0 Å².